The molecule has 1 heterocycles. The van der Waals surface area contributed by atoms with Crippen LogP contribution in [0.2, 0.25) is 0 Å². The Bertz CT molecular complexity index is 172. The zero-order valence-electron chi connectivity index (χ0n) is 4.89. The molecular formula is C6H7NO2. The van der Waals surface area contributed by atoms with Crippen LogP contribution < -0.4 is 5.32 Å². The largest absolute Gasteiger partial charge is 0.339 e. The highest BCUT2D eigenvalue weighted by molar-refractivity contribution is 6.44. The molecule has 1 aliphatic heterocycles. The second kappa shape index (κ2) is 2.01. The van der Waals surface area contributed by atoms with Crippen LogP contribution >= 0.6 is 0 Å². The number of hydrogen-bond acceptors (Lipinski definition) is 2. The Kier molecular flexibility index (Phi) is 1.34. The highest BCUT2D eigenvalue weighted by Gasteiger charge is 2.35. The van der Waals surface area contributed by atoms with Gasteiger partial charge in [0.15, 0.2) is 0 Å². The molecule has 0 radical (unpaired) electrons. The number of carbonyl (C=O) groups excluding carboxylic acids is 2. The summed E-state index contributed by atoms with van der Waals surface area (Å²) in [6.07, 6.45) is 2.16. The van der Waals surface area contributed by atoms with Gasteiger partial charge in [0.05, 0.1) is 0 Å². The van der Waals surface area contributed by atoms with Crippen molar-refractivity contribution < 1.29 is 9.59 Å². The quantitative estimate of drug-likeness (QED) is 0.311. The third-order valence-electron chi connectivity index (χ3n) is 1.25. The lowest BCUT2D eigenvalue weighted by atomic mass is 10.0. The third-order valence-corrected chi connectivity index (χ3v) is 1.25. The molecule has 48 valence electrons. The van der Waals surface area contributed by atoms with E-state index in [1.165, 1.54) is 0 Å². The van der Waals surface area contributed by atoms with Crippen LogP contribution in [0.3, 0.4) is 0 Å². The van der Waals surface area contributed by atoms with Crippen LogP contribution in [0.5, 0.6) is 0 Å². The smallest absolute Gasteiger partial charge is 0.290 e. The van der Waals surface area contributed by atoms with Crippen molar-refractivity contribution in [3.05, 3.63) is 12.7 Å². The van der Waals surface area contributed by atoms with Gasteiger partial charge in [-0.3, -0.25) is 9.59 Å². The van der Waals surface area contributed by atoms with Crippen molar-refractivity contribution in [1.82, 2.24) is 5.32 Å². The number of amides is 1. The van der Waals surface area contributed by atoms with Crippen molar-refractivity contribution >= 4 is 11.7 Å². The van der Waals surface area contributed by atoms with Gasteiger partial charge in [0.2, 0.25) is 5.78 Å². The lowest BCUT2D eigenvalue weighted by Crippen LogP contribution is -2.58. The molecule has 0 aromatic rings. The van der Waals surface area contributed by atoms with Crippen LogP contribution in [0.15, 0.2) is 12.7 Å². The molecule has 1 amide bonds. The summed E-state index contributed by atoms with van der Waals surface area (Å²) in [5.41, 5.74) is 0. The predicted molar refractivity (Wildman–Crippen MR) is 31.8 cm³/mol. The summed E-state index contributed by atoms with van der Waals surface area (Å²) in [6, 6.07) is -0.282. The van der Waals surface area contributed by atoms with E-state index in [4.69, 9.17) is 0 Å². The molecule has 1 aliphatic rings. The molecule has 0 spiro atoms. The maximum atomic E-state index is 10.5. The van der Waals surface area contributed by atoms with Gasteiger partial charge >= 0.3 is 0 Å². The second-order valence-corrected chi connectivity index (χ2v) is 1.91. The Balaban J connectivity index is 2.42. The number of carbonyl (C=O) groups is 2. The Morgan fingerprint density at radius 1 is 1.67 bits per heavy atom. The van der Waals surface area contributed by atoms with Crippen LogP contribution in [0, 0.1) is 0 Å². The van der Waals surface area contributed by atoms with Crippen molar-refractivity contribution in [3.8, 4) is 0 Å². The molecule has 3 nitrogen and oxygen atoms in total. The van der Waals surface area contributed by atoms with E-state index in [9.17, 15) is 9.59 Å². The van der Waals surface area contributed by atoms with Crippen molar-refractivity contribution in [2.45, 2.75) is 12.5 Å². The zero-order chi connectivity index (χ0) is 6.85. The summed E-state index contributed by atoms with van der Waals surface area (Å²) in [5, 5.41) is 2.43. The summed E-state index contributed by atoms with van der Waals surface area (Å²) in [5.74, 6) is -0.795. The van der Waals surface area contributed by atoms with Gasteiger partial charge in [-0.1, -0.05) is 6.08 Å². The van der Waals surface area contributed by atoms with Crippen LogP contribution in [0.1, 0.15) is 6.42 Å². The maximum Gasteiger partial charge on any atom is 0.290 e. The lowest BCUT2D eigenvalue weighted by molar-refractivity contribution is -0.146. The Hall–Kier alpha value is -1.12. The summed E-state index contributed by atoms with van der Waals surface area (Å²) in [6.45, 7) is 3.44. The first-order valence-electron chi connectivity index (χ1n) is 2.71. The first kappa shape index (κ1) is 6.01. The van der Waals surface area contributed by atoms with E-state index >= 15 is 0 Å². The number of hydrogen-bond donors (Lipinski definition) is 1. The van der Waals surface area contributed by atoms with Gasteiger partial charge in [-0.25, -0.2) is 0 Å². The molecule has 9 heavy (non-hydrogen) atoms. The van der Waals surface area contributed by atoms with Gasteiger partial charge in [-0.15, -0.1) is 6.58 Å². The molecule has 1 fully saturated rings. The normalized spacial score (nSPS) is 24.7. The van der Waals surface area contributed by atoms with Gasteiger partial charge in [-0.05, 0) is 6.42 Å². The average molecular weight is 125 g/mol. The Morgan fingerprint density at radius 2 is 2.33 bits per heavy atom. The monoisotopic (exact) mass is 125 g/mol. The molecule has 3 heteroatoms. The van der Waals surface area contributed by atoms with Crippen molar-refractivity contribution in [3.63, 3.8) is 0 Å². The van der Waals surface area contributed by atoms with Gasteiger partial charge in [0.25, 0.3) is 5.91 Å². The first-order chi connectivity index (χ1) is 4.25. The average Bonchev–Trinajstić information content (AvgIpc) is 1.88. The van der Waals surface area contributed by atoms with Gasteiger partial charge in [0.1, 0.15) is 6.04 Å². The number of β-lactam (4-membered cyclic amide) rings is 1. The summed E-state index contributed by atoms with van der Waals surface area (Å²) in [4.78, 5) is 20.7. The van der Waals surface area contributed by atoms with E-state index in [2.05, 4.69) is 11.9 Å². The van der Waals surface area contributed by atoms with Crippen LogP contribution in [-0.2, 0) is 9.59 Å². The number of rotatable bonds is 2. The second-order valence-electron chi connectivity index (χ2n) is 1.91. The minimum Gasteiger partial charge on any atom is -0.339 e. The van der Waals surface area contributed by atoms with Crippen LogP contribution in [0.25, 0.3) is 0 Å². The molecule has 0 bridgehead atoms. The number of ketones is 1. The van der Waals surface area contributed by atoms with Crippen molar-refractivity contribution in [1.29, 1.82) is 0 Å². The molecule has 1 atom stereocenters. The first-order valence-corrected chi connectivity index (χ1v) is 2.71. The van der Waals surface area contributed by atoms with E-state index in [0.29, 0.717) is 6.42 Å². The van der Waals surface area contributed by atoms with E-state index in [1.807, 2.05) is 0 Å². The number of Topliss-reactive ketones (excluding diaryl/α,β-unsaturated/α-hetero) is 1. The molecule has 0 aromatic heterocycles. The number of nitrogens with one attached hydrogen (secondary N) is 1. The maximum absolute atomic E-state index is 10.5. The Morgan fingerprint density at radius 3 is 2.67 bits per heavy atom. The van der Waals surface area contributed by atoms with E-state index in [1.54, 1.807) is 6.08 Å². The van der Waals surface area contributed by atoms with E-state index in [0.717, 1.165) is 0 Å². The third kappa shape index (κ3) is 0.850. The highest BCUT2D eigenvalue weighted by atomic mass is 16.2. The molecule has 0 saturated carbocycles. The van der Waals surface area contributed by atoms with Crippen LogP contribution in [0.4, 0.5) is 0 Å². The molecule has 1 rings (SSSR count). The lowest BCUT2D eigenvalue weighted by Gasteiger charge is -2.22. The molecule has 1 unspecified atom stereocenters. The molecule has 1 N–H and O–H groups in total. The predicted octanol–water partition coefficient (Wildman–Crippen LogP) is -0.370. The van der Waals surface area contributed by atoms with Gasteiger partial charge in [-0.2, -0.15) is 0 Å². The summed E-state index contributed by atoms with van der Waals surface area (Å²) < 4.78 is 0. The molecular weight excluding hydrogens is 118 g/mol. The Labute approximate surface area is 52.7 Å². The fourth-order valence-electron chi connectivity index (χ4n) is 0.708. The fraction of sp³-hybridized carbons (Fsp3) is 0.333. The molecule has 1 saturated heterocycles. The van der Waals surface area contributed by atoms with E-state index < -0.39 is 5.91 Å². The molecule has 0 aliphatic carbocycles. The minimum atomic E-state index is -0.471. The van der Waals surface area contributed by atoms with Crippen LogP contribution in [-0.4, -0.2) is 17.7 Å². The minimum absolute atomic E-state index is 0.282. The topological polar surface area (TPSA) is 46.2 Å². The summed E-state index contributed by atoms with van der Waals surface area (Å²) >= 11 is 0. The highest BCUT2D eigenvalue weighted by Crippen LogP contribution is 2.03. The van der Waals surface area contributed by atoms with Gasteiger partial charge in [0, 0.05) is 0 Å². The summed E-state index contributed by atoms with van der Waals surface area (Å²) in [7, 11) is 0. The van der Waals surface area contributed by atoms with Gasteiger partial charge < -0.3 is 5.32 Å². The van der Waals surface area contributed by atoms with Crippen molar-refractivity contribution in [2.75, 3.05) is 0 Å². The SMILES string of the molecule is C=CCC1NC(=O)C1=O. The zero-order valence-corrected chi connectivity index (χ0v) is 4.89. The standard InChI is InChI=1S/C6H7NO2/c1-2-3-4-5(8)6(9)7-4/h2,4H,1,3H2,(H,7,9). The molecule has 0 aromatic carbocycles. The van der Waals surface area contributed by atoms with E-state index in [-0.39, 0.29) is 11.8 Å². The van der Waals surface area contributed by atoms with Crippen molar-refractivity contribution in [2.24, 2.45) is 0 Å². The fourth-order valence-corrected chi connectivity index (χ4v) is 0.708.